The van der Waals surface area contributed by atoms with Crippen LogP contribution in [0, 0.1) is 5.92 Å². The van der Waals surface area contributed by atoms with E-state index in [2.05, 4.69) is 27.8 Å². The number of methoxy groups -OCH3 is 1. The van der Waals surface area contributed by atoms with Crippen LogP contribution in [0.3, 0.4) is 0 Å². The van der Waals surface area contributed by atoms with E-state index in [9.17, 15) is 9.59 Å². The number of aromatic nitrogens is 1. The molecule has 0 unspecified atom stereocenters. The molecule has 0 atom stereocenters. The van der Waals surface area contributed by atoms with Crippen molar-refractivity contribution in [3.05, 3.63) is 83.9 Å². The second kappa shape index (κ2) is 10.9. The van der Waals surface area contributed by atoms with Gasteiger partial charge in [-0.25, -0.2) is 0 Å². The molecule has 1 aromatic heterocycles. The molecule has 4 rings (SSSR count). The van der Waals surface area contributed by atoms with E-state index in [0.29, 0.717) is 19.4 Å². The van der Waals surface area contributed by atoms with E-state index in [1.165, 1.54) is 0 Å². The van der Waals surface area contributed by atoms with Gasteiger partial charge in [0.15, 0.2) is 0 Å². The Morgan fingerprint density at radius 3 is 2.49 bits per heavy atom. The normalized spacial score (nSPS) is 11.0. The average Bonchev–Trinajstić information content (AvgIpc) is 3.25. The SMILES string of the molecule is COc1ccc(-c2[nH]c3ccccc3c2CCC(=O)NCc2cccc(NC(=O)C(C)C)c2)cc1. The number of H-pyrrole nitrogens is 1. The Bertz CT molecular complexity index is 1320. The number of carbonyl (C=O) groups is 2. The number of amides is 2. The van der Waals surface area contributed by atoms with Crippen molar-refractivity contribution in [1.29, 1.82) is 0 Å². The number of nitrogens with one attached hydrogen (secondary N) is 3. The fraction of sp³-hybridized carbons (Fsp3) is 0.241. The number of hydrogen-bond donors (Lipinski definition) is 3. The quantitative estimate of drug-likeness (QED) is 0.295. The summed E-state index contributed by atoms with van der Waals surface area (Å²) in [4.78, 5) is 28.2. The lowest BCUT2D eigenvalue weighted by Crippen LogP contribution is -2.23. The fourth-order valence-corrected chi connectivity index (χ4v) is 4.04. The maximum atomic E-state index is 12.7. The van der Waals surface area contributed by atoms with Crippen LogP contribution >= 0.6 is 0 Å². The highest BCUT2D eigenvalue weighted by molar-refractivity contribution is 5.92. The van der Waals surface area contributed by atoms with E-state index in [4.69, 9.17) is 4.74 Å². The zero-order chi connectivity index (χ0) is 24.8. The molecule has 0 aliphatic carbocycles. The molecule has 0 bridgehead atoms. The van der Waals surface area contributed by atoms with Crippen molar-refractivity contribution in [2.75, 3.05) is 12.4 Å². The Kier molecular flexibility index (Phi) is 7.51. The van der Waals surface area contributed by atoms with Gasteiger partial charge in [-0.1, -0.05) is 44.2 Å². The van der Waals surface area contributed by atoms with Crippen LogP contribution < -0.4 is 15.4 Å². The monoisotopic (exact) mass is 469 g/mol. The first-order chi connectivity index (χ1) is 16.9. The smallest absolute Gasteiger partial charge is 0.226 e. The number of carbonyl (C=O) groups excluding carboxylic acids is 2. The summed E-state index contributed by atoms with van der Waals surface area (Å²) in [5, 5.41) is 7.03. The van der Waals surface area contributed by atoms with Crippen LogP contribution in [-0.2, 0) is 22.6 Å². The maximum absolute atomic E-state index is 12.7. The van der Waals surface area contributed by atoms with Crippen molar-refractivity contribution in [2.24, 2.45) is 5.92 Å². The zero-order valence-corrected chi connectivity index (χ0v) is 20.4. The van der Waals surface area contributed by atoms with Crippen molar-refractivity contribution < 1.29 is 14.3 Å². The molecule has 6 nitrogen and oxygen atoms in total. The molecule has 3 N–H and O–H groups in total. The highest BCUT2D eigenvalue weighted by Gasteiger charge is 2.15. The number of rotatable bonds is 9. The highest BCUT2D eigenvalue weighted by Crippen LogP contribution is 2.32. The summed E-state index contributed by atoms with van der Waals surface area (Å²) in [6.07, 6.45) is 0.983. The molecule has 0 aliphatic rings. The van der Waals surface area contributed by atoms with E-state index in [1.807, 2.05) is 74.5 Å². The van der Waals surface area contributed by atoms with Gasteiger partial charge in [0.25, 0.3) is 0 Å². The summed E-state index contributed by atoms with van der Waals surface area (Å²) in [5.74, 6) is 0.662. The lowest BCUT2D eigenvalue weighted by molar-refractivity contribution is -0.121. The molecule has 3 aromatic carbocycles. The first-order valence-corrected chi connectivity index (χ1v) is 11.8. The maximum Gasteiger partial charge on any atom is 0.226 e. The van der Waals surface area contributed by atoms with Crippen LogP contribution in [0.4, 0.5) is 5.69 Å². The van der Waals surface area contributed by atoms with Crippen molar-refractivity contribution in [3.8, 4) is 17.0 Å². The van der Waals surface area contributed by atoms with Gasteiger partial charge in [-0.15, -0.1) is 0 Å². The molecule has 35 heavy (non-hydrogen) atoms. The van der Waals surface area contributed by atoms with Crippen molar-refractivity contribution >= 4 is 28.4 Å². The summed E-state index contributed by atoms with van der Waals surface area (Å²) < 4.78 is 5.29. The van der Waals surface area contributed by atoms with Gasteiger partial charge < -0.3 is 20.4 Å². The minimum absolute atomic E-state index is 0.0208. The molecular formula is C29H31N3O3. The van der Waals surface area contributed by atoms with Gasteiger partial charge in [-0.3, -0.25) is 9.59 Å². The molecule has 0 saturated carbocycles. The highest BCUT2D eigenvalue weighted by atomic mass is 16.5. The number of aromatic amines is 1. The van der Waals surface area contributed by atoms with Gasteiger partial charge >= 0.3 is 0 Å². The number of anilines is 1. The number of ether oxygens (including phenoxy) is 1. The summed E-state index contributed by atoms with van der Waals surface area (Å²) in [7, 11) is 1.65. The Balaban J connectivity index is 1.43. The van der Waals surface area contributed by atoms with Crippen LogP contribution in [0.5, 0.6) is 5.75 Å². The summed E-state index contributed by atoms with van der Waals surface area (Å²) in [6.45, 7) is 4.11. The van der Waals surface area contributed by atoms with Crippen molar-refractivity contribution in [1.82, 2.24) is 10.3 Å². The van der Waals surface area contributed by atoms with E-state index in [-0.39, 0.29) is 17.7 Å². The van der Waals surface area contributed by atoms with E-state index >= 15 is 0 Å². The second-order valence-corrected chi connectivity index (χ2v) is 8.87. The Labute approximate surface area is 205 Å². The Hall–Kier alpha value is -4.06. The third-order valence-electron chi connectivity index (χ3n) is 6.00. The van der Waals surface area contributed by atoms with Crippen molar-refractivity contribution in [3.63, 3.8) is 0 Å². The molecule has 0 saturated heterocycles. The lowest BCUT2D eigenvalue weighted by atomic mass is 10.0. The standard InChI is InChI=1S/C29H31N3O3/c1-19(2)29(34)31-22-8-6-7-20(17-22)18-30-27(33)16-15-25-24-9-4-5-10-26(24)32-28(25)21-11-13-23(35-3)14-12-21/h4-14,17,19,32H,15-16,18H2,1-3H3,(H,30,33)(H,31,34). The van der Waals surface area contributed by atoms with Gasteiger partial charge in [0.2, 0.25) is 11.8 Å². The minimum Gasteiger partial charge on any atom is -0.497 e. The summed E-state index contributed by atoms with van der Waals surface area (Å²) in [6, 6.07) is 23.6. The second-order valence-electron chi connectivity index (χ2n) is 8.87. The van der Waals surface area contributed by atoms with Crippen LogP contribution in [0.25, 0.3) is 22.2 Å². The first kappa shape index (κ1) is 24.1. The van der Waals surface area contributed by atoms with Crippen LogP contribution in [0.15, 0.2) is 72.8 Å². The molecule has 0 aliphatic heterocycles. The topological polar surface area (TPSA) is 83.2 Å². The van der Waals surface area contributed by atoms with Crippen molar-refractivity contribution in [2.45, 2.75) is 33.2 Å². The lowest BCUT2D eigenvalue weighted by Gasteiger charge is -2.10. The van der Waals surface area contributed by atoms with Gasteiger partial charge in [0.1, 0.15) is 5.75 Å². The molecule has 0 spiro atoms. The van der Waals surface area contributed by atoms with E-state index in [1.54, 1.807) is 7.11 Å². The Morgan fingerprint density at radius 1 is 0.971 bits per heavy atom. The molecule has 0 fully saturated rings. The van der Waals surface area contributed by atoms with Crippen LogP contribution in [0.1, 0.15) is 31.4 Å². The van der Waals surface area contributed by atoms with Gasteiger partial charge in [0, 0.05) is 41.2 Å². The minimum atomic E-state index is -0.0920. The molecule has 4 aromatic rings. The molecule has 6 heteroatoms. The molecule has 0 radical (unpaired) electrons. The average molecular weight is 470 g/mol. The number of hydrogen-bond acceptors (Lipinski definition) is 3. The number of aryl methyl sites for hydroxylation is 1. The van der Waals surface area contributed by atoms with Gasteiger partial charge in [-0.05, 0) is 65.6 Å². The van der Waals surface area contributed by atoms with Crippen LogP contribution in [0.2, 0.25) is 0 Å². The molecule has 2 amide bonds. The summed E-state index contributed by atoms with van der Waals surface area (Å²) in [5.41, 5.74) is 5.92. The zero-order valence-electron chi connectivity index (χ0n) is 20.4. The molecule has 1 heterocycles. The van der Waals surface area contributed by atoms with Crippen LogP contribution in [-0.4, -0.2) is 23.9 Å². The predicted octanol–water partition coefficient (Wildman–Crippen LogP) is 5.69. The first-order valence-electron chi connectivity index (χ1n) is 11.8. The molecular weight excluding hydrogens is 438 g/mol. The predicted molar refractivity (Wildman–Crippen MR) is 140 cm³/mol. The third kappa shape index (κ3) is 5.90. The molecule has 180 valence electrons. The number of fused-ring (bicyclic) bond motifs is 1. The Morgan fingerprint density at radius 2 is 1.74 bits per heavy atom. The summed E-state index contributed by atoms with van der Waals surface area (Å²) >= 11 is 0. The van der Waals surface area contributed by atoms with Gasteiger partial charge in [-0.2, -0.15) is 0 Å². The van der Waals surface area contributed by atoms with Gasteiger partial charge in [0.05, 0.1) is 7.11 Å². The van der Waals surface area contributed by atoms with E-state index in [0.717, 1.165) is 44.7 Å². The van der Waals surface area contributed by atoms with E-state index < -0.39 is 0 Å². The largest absolute Gasteiger partial charge is 0.497 e. The fourth-order valence-electron chi connectivity index (χ4n) is 4.04. The number of benzene rings is 3. The third-order valence-corrected chi connectivity index (χ3v) is 6.00. The number of para-hydroxylation sites is 1.